The maximum Gasteiger partial charge on any atom is 0.236 e. The molecule has 4 nitrogen and oxygen atoms in total. The van der Waals surface area contributed by atoms with Crippen LogP contribution in [0, 0.1) is 5.92 Å². The molecule has 0 aromatic heterocycles. The third kappa shape index (κ3) is 4.28. The van der Waals surface area contributed by atoms with Gasteiger partial charge in [-0.05, 0) is 31.7 Å². The van der Waals surface area contributed by atoms with Gasteiger partial charge in [0.1, 0.15) is 0 Å². The lowest BCUT2D eigenvalue weighted by atomic mass is 10.3. The molecule has 0 unspecified atom stereocenters. The number of carbonyl (C=O) groups is 1. The van der Waals surface area contributed by atoms with Crippen LogP contribution in [-0.2, 0) is 4.79 Å². The molecule has 1 amide bonds. The molecular weight excluding hydrogens is 214 g/mol. The zero-order valence-corrected chi connectivity index (χ0v) is 11.0. The second kappa shape index (κ2) is 6.36. The third-order valence-electron chi connectivity index (χ3n) is 3.58. The first kappa shape index (κ1) is 12.8. The highest BCUT2D eigenvalue weighted by Gasteiger charge is 2.26. The number of nitrogens with zero attached hydrogens (tertiary/aromatic N) is 2. The maximum absolute atomic E-state index is 12.1. The summed E-state index contributed by atoms with van der Waals surface area (Å²) in [5.74, 6) is 1.19. The smallest absolute Gasteiger partial charge is 0.236 e. The first-order valence-corrected chi connectivity index (χ1v) is 7.00. The van der Waals surface area contributed by atoms with Crippen LogP contribution in [0.2, 0.25) is 0 Å². The summed E-state index contributed by atoms with van der Waals surface area (Å²) in [5, 5.41) is 3.28. The molecule has 1 aliphatic carbocycles. The van der Waals surface area contributed by atoms with Crippen molar-refractivity contribution in [1.82, 2.24) is 15.1 Å². The Bertz CT molecular complexity index is 247. The molecule has 2 aliphatic rings. The van der Waals surface area contributed by atoms with Crippen LogP contribution in [0.25, 0.3) is 0 Å². The molecular formula is C13H25N3O. The molecule has 0 radical (unpaired) electrons. The fraction of sp³-hybridized carbons (Fsp3) is 0.923. The topological polar surface area (TPSA) is 35.6 Å². The molecule has 1 aliphatic heterocycles. The number of nitrogens with one attached hydrogen (secondary N) is 1. The average Bonchev–Trinajstić information content (AvgIpc) is 3.14. The minimum atomic E-state index is 0.320. The highest BCUT2D eigenvalue weighted by Crippen LogP contribution is 2.29. The van der Waals surface area contributed by atoms with Gasteiger partial charge in [0.05, 0.1) is 6.54 Å². The van der Waals surface area contributed by atoms with Gasteiger partial charge in [0, 0.05) is 32.7 Å². The van der Waals surface area contributed by atoms with Crippen molar-refractivity contribution >= 4 is 5.91 Å². The minimum absolute atomic E-state index is 0.320. The highest BCUT2D eigenvalue weighted by atomic mass is 16.2. The average molecular weight is 239 g/mol. The van der Waals surface area contributed by atoms with Gasteiger partial charge in [-0.15, -0.1) is 0 Å². The Labute approximate surface area is 104 Å². The lowest BCUT2D eigenvalue weighted by Gasteiger charge is -2.30. The van der Waals surface area contributed by atoms with Crippen molar-refractivity contribution in [3.63, 3.8) is 0 Å². The van der Waals surface area contributed by atoms with Crippen LogP contribution in [0.3, 0.4) is 0 Å². The fourth-order valence-electron chi connectivity index (χ4n) is 2.42. The zero-order valence-electron chi connectivity index (χ0n) is 11.0. The standard InChI is InChI=1S/C13H25N3O/c1-2-7-15(10-12-3-4-12)11-13(17)16-8-5-14-6-9-16/h12,14H,2-11H2,1H3. The molecule has 1 saturated carbocycles. The maximum atomic E-state index is 12.1. The summed E-state index contributed by atoms with van der Waals surface area (Å²) in [6, 6.07) is 0. The van der Waals surface area contributed by atoms with Gasteiger partial charge in [0.2, 0.25) is 5.91 Å². The molecule has 1 N–H and O–H groups in total. The van der Waals surface area contributed by atoms with Gasteiger partial charge in [-0.1, -0.05) is 6.92 Å². The van der Waals surface area contributed by atoms with Gasteiger partial charge in [-0.3, -0.25) is 9.69 Å². The van der Waals surface area contributed by atoms with Crippen molar-refractivity contribution in [1.29, 1.82) is 0 Å². The molecule has 98 valence electrons. The quantitative estimate of drug-likeness (QED) is 0.735. The molecule has 17 heavy (non-hydrogen) atoms. The number of amides is 1. The molecule has 2 rings (SSSR count). The van der Waals surface area contributed by atoms with Crippen molar-refractivity contribution in [2.75, 3.05) is 45.8 Å². The normalized spacial score (nSPS) is 20.9. The monoisotopic (exact) mass is 239 g/mol. The van der Waals surface area contributed by atoms with Crippen molar-refractivity contribution in [3.8, 4) is 0 Å². The predicted molar refractivity (Wildman–Crippen MR) is 68.9 cm³/mol. The SMILES string of the molecule is CCCN(CC(=O)N1CCNCC1)CC1CC1. The van der Waals surface area contributed by atoms with Crippen molar-refractivity contribution in [2.45, 2.75) is 26.2 Å². The first-order valence-electron chi connectivity index (χ1n) is 7.00. The number of rotatable bonds is 6. The van der Waals surface area contributed by atoms with E-state index in [2.05, 4.69) is 17.1 Å². The Balaban J connectivity index is 1.76. The van der Waals surface area contributed by atoms with Crippen LogP contribution in [0.1, 0.15) is 26.2 Å². The molecule has 0 atom stereocenters. The van der Waals surface area contributed by atoms with E-state index in [1.165, 1.54) is 12.8 Å². The van der Waals surface area contributed by atoms with E-state index >= 15 is 0 Å². The predicted octanol–water partition coefficient (Wildman–Crippen LogP) is 0.540. The third-order valence-corrected chi connectivity index (χ3v) is 3.58. The fourth-order valence-corrected chi connectivity index (χ4v) is 2.42. The van der Waals surface area contributed by atoms with E-state index in [4.69, 9.17) is 0 Å². The number of carbonyl (C=O) groups excluding carboxylic acids is 1. The van der Waals surface area contributed by atoms with Gasteiger partial charge < -0.3 is 10.2 Å². The van der Waals surface area contributed by atoms with Gasteiger partial charge >= 0.3 is 0 Å². The number of hydrogen-bond acceptors (Lipinski definition) is 3. The van der Waals surface area contributed by atoms with E-state index in [0.717, 1.165) is 51.6 Å². The molecule has 4 heteroatoms. The van der Waals surface area contributed by atoms with Crippen LogP contribution in [0.5, 0.6) is 0 Å². The highest BCUT2D eigenvalue weighted by molar-refractivity contribution is 5.78. The summed E-state index contributed by atoms with van der Waals surface area (Å²) in [4.78, 5) is 16.5. The van der Waals surface area contributed by atoms with Crippen molar-refractivity contribution < 1.29 is 4.79 Å². The molecule has 0 aromatic carbocycles. The summed E-state index contributed by atoms with van der Waals surface area (Å²) in [6.45, 7) is 8.66. The van der Waals surface area contributed by atoms with Crippen molar-refractivity contribution in [2.24, 2.45) is 5.92 Å². The van der Waals surface area contributed by atoms with E-state index < -0.39 is 0 Å². The Kier molecular flexibility index (Phi) is 4.80. The van der Waals surface area contributed by atoms with Crippen LogP contribution >= 0.6 is 0 Å². The van der Waals surface area contributed by atoms with E-state index in [1.54, 1.807) is 0 Å². The summed E-state index contributed by atoms with van der Waals surface area (Å²) < 4.78 is 0. The van der Waals surface area contributed by atoms with E-state index in [-0.39, 0.29) is 0 Å². The van der Waals surface area contributed by atoms with Crippen LogP contribution in [0.4, 0.5) is 0 Å². The lowest BCUT2D eigenvalue weighted by molar-refractivity contribution is -0.133. The molecule has 0 bridgehead atoms. The Hall–Kier alpha value is -0.610. The summed E-state index contributed by atoms with van der Waals surface area (Å²) in [7, 11) is 0. The second-order valence-corrected chi connectivity index (χ2v) is 5.31. The van der Waals surface area contributed by atoms with Crippen LogP contribution < -0.4 is 5.32 Å². The largest absolute Gasteiger partial charge is 0.339 e. The van der Waals surface area contributed by atoms with Crippen molar-refractivity contribution in [3.05, 3.63) is 0 Å². The number of hydrogen-bond donors (Lipinski definition) is 1. The Morgan fingerprint density at radius 1 is 1.35 bits per heavy atom. The minimum Gasteiger partial charge on any atom is -0.339 e. The zero-order chi connectivity index (χ0) is 12.1. The van der Waals surface area contributed by atoms with E-state index in [0.29, 0.717) is 12.5 Å². The molecule has 0 spiro atoms. The molecule has 2 fully saturated rings. The molecule has 1 saturated heterocycles. The van der Waals surface area contributed by atoms with E-state index in [1.807, 2.05) is 4.90 Å². The van der Waals surface area contributed by atoms with Gasteiger partial charge in [-0.25, -0.2) is 0 Å². The Morgan fingerprint density at radius 2 is 2.06 bits per heavy atom. The van der Waals surface area contributed by atoms with Crippen LogP contribution in [0.15, 0.2) is 0 Å². The van der Waals surface area contributed by atoms with Gasteiger partial charge in [-0.2, -0.15) is 0 Å². The molecule has 0 aromatic rings. The Morgan fingerprint density at radius 3 is 2.65 bits per heavy atom. The lowest BCUT2D eigenvalue weighted by Crippen LogP contribution is -2.49. The number of piperazine rings is 1. The summed E-state index contributed by atoms with van der Waals surface area (Å²) >= 11 is 0. The first-order chi connectivity index (χ1) is 8.29. The molecule has 1 heterocycles. The summed E-state index contributed by atoms with van der Waals surface area (Å²) in [6.07, 6.45) is 3.87. The van der Waals surface area contributed by atoms with Crippen LogP contribution in [-0.4, -0.2) is 61.5 Å². The van der Waals surface area contributed by atoms with Gasteiger partial charge in [0.25, 0.3) is 0 Å². The second-order valence-electron chi connectivity index (χ2n) is 5.31. The van der Waals surface area contributed by atoms with E-state index in [9.17, 15) is 4.79 Å². The summed E-state index contributed by atoms with van der Waals surface area (Å²) in [5.41, 5.74) is 0. The van der Waals surface area contributed by atoms with Gasteiger partial charge in [0.15, 0.2) is 0 Å².